The van der Waals surface area contributed by atoms with Gasteiger partial charge < -0.3 is 31.1 Å². The molecule has 1 aliphatic heterocycles. The zero-order valence-electron chi connectivity index (χ0n) is 21.3. The number of carboxylic acids is 1. The van der Waals surface area contributed by atoms with Crippen LogP contribution in [0.2, 0.25) is 0 Å². The number of nitrogens with one attached hydrogen (secondary N) is 4. The summed E-state index contributed by atoms with van der Waals surface area (Å²) in [5.41, 5.74) is 1.95. The number of amides is 2. The largest absolute Gasteiger partial charge is 0.480 e. The fourth-order valence-electron chi connectivity index (χ4n) is 3.99. The quantitative estimate of drug-likeness (QED) is 0.211. The van der Waals surface area contributed by atoms with Crippen LogP contribution in [0.15, 0.2) is 59.7 Å². The lowest BCUT2D eigenvalue weighted by Crippen LogP contribution is -2.48. The van der Waals surface area contributed by atoms with Gasteiger partial charge in [-0.1, -0.05) is 36.4 Å². The lowest BCUT2D eigenvalue weighted by atomic mass is 10.1. The Morgan fingerprint density at radius 2 is 1.92 bits per heavy atom. The molecule has 2 amide bonds. The minimum atomic E-state index is -1.36. The van der Waals surface area contributed by atoms with Crippen molar-refractivity contribution < 1.29 is 24.2 Å². The summed E-state index contributed by atoms with van der Waals surface area (Å²) < 4.78 is 6.93. The molecule has 0 radical (unpaired) electrons. The number of alkyl carbamates (subject to hydrolysis) is 1. The van der Waals surface area contributed by atoms with Gasteiger partial charge in [0, 0.05) is 31.6 Å². The van der Waals surface area contributed by atoms with Crippen molar-refractivity contribution in [3.05, 3.63) is 65.9 Å². The molecule has 3 aromatic rings. The summed E-state index contributed by atoms with van der Waals surface area (Å²) in [7, 11) is 0. The number of rotatable bonds is 12. The van der Waals surface area contributed by atoms with Gasteiger partial charge in [-0.2, -0.15) is 5.10 Å². The lowest BCUT2D eigenvalue weighted by Gasteiger charge is -2.15. The Labute approximate surface area is 231 Å². The number of hydrogen-bond acceptors (Lipinski definition) is 8. The fraction of sp³-hybridized carbons (Fsp3) is 0.346. The molecule has 0 aliphatic carbocycles. The van der Waals surface area contributed by atoms with Crippen molar-refractivity contribution in [2.24, 2.45) is 4.99 Å². The van der Waals surface area contributed by atoms with Crippen LogP contribution in [0.5, 0.6) is 0 Å². The SMILES string of the molecule is Cl.O=C(N[C@@H](CNC(=O)c1cccc2c1cnn2CCCCNC1=NCCN1)C(=O)O)OCc1ccccc1. The van der Waals surface area contributed by atoms with Gasteiger partial charge in [0.25, 0.3) is 5.91 Å². The minimum absolute atomic E-state index is 0. The Bertz CT molecular complexity index is 1300. The summed E-state index contributed by atoms with van der Waals surface area (Å²) in [4.78, 5) is 40.9. The van der Waals surface area contributed by atoms with E-state index >= 15 is 0 Å². The summed E-state index contributed by atoms with van der Waals surface area (Å²) in [5, 5.41) is 25.9. The average molecular weight is 558 g/mol. The normalized spacial score (nSPS) is 13.0. The van der Waals surface area contributed by atoms with Crippen molar-refractivity contribution in [1.82, 2.24) is 31.0 Å². The molecule has 0 saturated heterocycles. The first kappa shape index (κ1) is 29.2. The van der Waals surface area contributed by atoms with Gasteiger partial charge in [0.05, 0.1) is 23.8 Å². The number of aliphatic carboxylic acids is 1. The molecule has 0 spiro atoms. The number of carbonyl (C=O) groups is 3. The summed E-state index contributed by atoms with van der Waals surface area (Å²) in [6.07, 6.45) is 2.56. The van der Waals surface area contributed by atoms with Gasteiger partial charge >= 0.3 is 12.1 Å². The van der Waals surface area contributed by atoms with Gasteiger partial charge in [-0.25, -0.2) is 9.59 Å². The van der Waals surface area contributed by atoms with Gasteiger partial charge in [-0.3, -0.25) is 14.5 Å². The molecule has 0 fully saturated rings. The van der Waals surface area contributed by atoms with Crippen LogP contribution in [0.3, 0.4) is 0 Å². The average Bonchev–Trinajstić information content (AvgIpc) is 3.60. The highest BCUT2D eigenvalue weighted by molar-refractivity contribution is 6.06. The number of aryl methyl sites for hydroxylation is 1. The maximum Gasteiger partial charge on any atom is 0.408 e. The van der Waals surface area contributed by atoms with E-state index in [0.29, 0.717) is 17.5 Å². The number of unbranched alkanes of at least 4 members (excludes halogenated alkanes) is 1. The first-order valence-electron chi connectivity index (χ1n) is 12.5. The molecule has 5 N–H and O–H groups in total. The highest BCUT2D eigenvalue weighted by Crippen LogP contribution is 2.19. The number of hydrogen-bond donors (Lipinski definition) is 5. The smallest absolute Gasteiger partial charge is 0.408 e. The monoisotopic (exact) mass is 557 g/mol. The fourth-order valence-corrected chi connectivity index (χ4v) is 3.99. The molecular weight excluding hydrogens is 526 g/mol. The maximum absolute atomic E-state index is 12.9. The summed E-state index contributed by atoms with van der Waals surface area (Å²) in [5.74, 6) is -0.914. The van der Waals surface area contributed by atoms with Gasteiger partial charge in [-0.05, 0) is 30.5 Å². The number of benzene rings is 2. The van der Waals surface area contributed by atoms with Gasteiger partial charge in [-0.15, -0.1) is 12.4 Å². The third-order valence-electron chi connectivity index (χ3n) is 5.97. The van der Waals surface area contributed by atoms with E-state index in [1.165, 1.54) is 0 Å². The zero-order chi connectivity index (χ0) is 26.7. The Morgan fingerprint density at radius 3 is 2.67 bits per heavy atom. The van der Waals surface area contributed by atoms with E-state index in [2.05, 4.69) is 31.4 Å². The Hall–Kier alpha value is -4.32. The third kappa shape index (κ3) is 8.34. The van der Waals surface area contributed by atoms with E-state index in [4.69, 9.17) is 4.74 Å². The van der Waals surface area contributed by atoms with Crippen LogP contribution in [-0.2, 0) is 22.7 Å². The highest BCUT2D eigenvalue weighted by atomic mass is 35.5. The number of nitrogens with zero attached hydrogens (tertiary/aromatic N) is 3. The van der Waals surface area contributed by atoms with Crippen LogP contribution in [0, 0.1) is 0 Å². The zero-order valence-corrected chi connectivity index (χ0v) is 22.1. The van der Waals surface area contributed by atoms with Gasteiger partial charge in [0.2, 0.25) is 0 Å². The molecule has 2 heterocycles. The van der Waals surface area contributed by atoms with Crippen molar-refractivity contribution in [2.75, 3.05) is 26.2 Å². The molecule has 2 aromatic carbocycles. The van der Waals surface area contributed by atoms with Crippen LogP contribution in [0.4, 0.5) is 4.79 Å². The predicted molar refractivity (Wildman–Crippen MR) is 148 cm³/mol. The Morgan fingerprint density at radius 1 is 1.10 bits per heavy atom. The first-order chi connectivity index (χ1) is 18.5. The van der Waals surface area contributed by atoms with Crippen LogP contribution < -0.4 is 21.3 Å². The molecule has 0 bridgehead atoms. The van der Waals surface area contributed by atoms with Gasteiger partial charge in [0.15, 0.2) is 5.96 Å². The number of aliphatic imine (C=N–C) groups is 1. The summed E-state index contributed by atoms with van der Waals surface area (Å²) in [6, 6.07) is 13.0. The van der Waals surface area contributed by atoms with Gasteiger partial charge in [0.1, 0.15) is 12.6 Å². The van der Waals surface area contributed by atoms with Crippen molar-refractivity contribution in [1.29, 1.82) is 0 Å². The van der Waals surface area contributed by atoms with Crippen molar-refractivity contribution in [3.8, 4) is 0 Å². The molecule has 0 saturated carbocycles. The number of carbonyl (C=O) groups excluding carboxylic acids is 2. The standard InChI is InChI=1S/C26H31N7O5.ClH/c34-23(30-16-21(24(35)36)32-26(37)38-17-18-7-2-1-3-8-18)19-9-6-10-22-20(19)15-31-33(22)14-5-4-11-27-25-28-12-13-29-25;/h1-3,6-10,15,21H,4-5,11-14,16-17H2,(H,30,34)(H,32,37)(H,35,36)(H2,27,28,29);1H/t21-;/m0./s1. The number of carboxylic acid groups (broad SMARTS) is 1. The van der Waals surface area contributed by atoms with E-state index in [0.717, 1.165) is 49.5 Å². The molecule has 39 heavy (non-hydrogen) atoms. The second kappa shape index (κ2) is 14.6. The number of ether oxygens (including phenoxy) is 1. The molecule has 1 aromatic heterocycles. The molecule has 1 aliphatic rings. The molecule has 13 heteroatoms. The van der Waals surface area contributed by atoms with E-state index in [1.54, 1.807) is 42.6 Å². The van der Waals surface area contributed by atoms with E-state index in [9.17, 15) is 19.5 Å². The lowest BCUT2D eigenvalue weighted by molar-refractivity contribution is -0.139. The number of halogens is 1. The molecule has 12 nitrogen and oxygen atoms in total. The number of aromatic nitrogens is 2. The number of guanidine groups is 1. The molecule has 208 valence electrons. The molecular formula is C26H32ClN7O5. The van der Waals surface area contributed by atoms with Crippen LogP contribution in [0.1, 0.15) is 28.8 Å². The Kier molecular flexibility index (Phi) is 10.9. The van der Waals surface area contributed by atoms with E-state index < -0.39 is 24.0 Å². The topological polar surface area (TPSA) is 159 Å². The third-order valence-corrected chi connectivity index (χ3v) is 5.97. The molecule has 0 unspecified atom stereocenters. The van der Waals surface area contributed by atoms with Crippen LogP contribution in [-0.4, -0.2) is 71.0 Å². The van der Waals surface area contributed by atoms with E-state index in [1.807, 2.05) is 16.8 Å². The van der Waals surface area contributed by atoms with Crippen molar-refractivity contribution in [2.45, 2.75) is 32.0 Å². The second-order valence-corrected chi connectivity index (χ2v) is 8.70. The Balaban J connectivity index is 0.00000420. The highest BCUT2D eigenvalue weighted by Gasteiger charge is 2.22. The molecule has 4 rings (SSSR count). The van der Waals surface area contributed by atoms with Crippen LogP contribution in [0.25, 0.3) is 10.9 Å². The predicted octanol–water partition coefficient (Wildman–Crippen LogP) is 1.90. The number of fused-ring (bicyclic) bond motifs is 1. The molecule has 1 atom stereocenters. The second-order valence-electron chi connectivity index (χ2n) is 8.70. The van der Waals surface area contributed by atoms with E-state index in [-0.39, 0.29) is 25.6 Å². The summed E-state index contributed by atoms with van der Waals surface area (Å²) >= 11 is 0. The summed E-state index contributed by atoms with van der Waals surface area (Å²) in [6.45, 7) is 2.84. The van der Waals surface area contributed by atoms with Crippen molar-refractivity contribution in [3.63, 3.8) is 0 Å². The maximum atomic E-state index is 12.9. The van der Waals surface area contributed by atoms with Crippen LogP contribution >= 0.6 is 12.4 Å². The minimum Gasteiger partial charge on any atom is -0.480 e. The van der Waals surface area contributed by atoms with Crippen molar-refractivity contribution >= 4 is 47.2 Å². The first-order valence-corrected chi connectivity index (χ1v) is 12.5.